The number of likely N-dealkylation sites (N-methyl/N-ethyl adjacent to an activating group) is 1. The number of aliphatic hydroxyl groups excluding tert-OH is 2. The molecule has 13 heteroatoms. The number of nitrogens with zero attached hydrogens (tertiary/aromatic N) is 2. The molecule has 2 aliphatic rings. The van der Waals surface area contributed by atoms with E-state index in [1.54, 1.807) is 103 Å². The molecule has 2 fully saturated rings. The molecule has 0 saturated carbocycles. The second kappa shape index (κ2) is 16.7. The number of rotatable bonds is 16. The average molecular weight is 676 g/mol. The van der Waals surface area contributed by atoms with Crippen LogP contribution in [0, 0.1) is 17.3 Å². The van der Waals surface area contributed by atoms with Crippen molar-refractivity contribution < 1.29 is 49.6 Å². The zero-order valence-corrected chi connectivity index (χ0v) is 29.4. The number of hydrogen-bond donors (Lipinski definition) is 6. The molecule has 48 heavy (non-hydrogen) atoms. The van der Waals surface area contributed by atoms with Crippen molar-refractivity contribution in [3.8, 4) is 0 Å². The van der Waals surface area contributed by atoms with Gasteiger partial charge < -0.3 is 35.0 Å². The summed E-state index contributed by atoms with van der Waals surface area (Å²) in [7, 11) is 2.86. The number of ether oxygens (including phenoxy) is 2. The molecule has 0 unspecified atom stereocenters. The van der Waals surface area contributed by atoms with Crippen LogP contribution < -0.4 is 5.32 Å². The predicted octanol–water partition coefficient (Wildman–Crippen LogP) is 2.57. The van der Waals surface area contributed by atoms with Crippen molar-refractivity contribution in [2.75, 3.05) is 27.3 Å². The van der Waals surface area contributed by atoms with Crippen molar-refractivity contribution in [1.29, 1.82) is 0 Å². The molecule has 0 aromatic carbocycles. The van der Waals surface area contributed by atoms with E-state index in [-0.39, 0.29) is 42.3 Å². The van der Waals surface area contributed by atoms with Crippen molar-refractivity contribution in [2.45, 2.75) is 84.3 Å². The van der Waals surface area contributed by atoms with Crippen LogP contribution in [0.1, 0.15) is 54.9 Å². The number of hydrogen-bond acceptors (Lipinski definition) is 11. The second-order valence-electron chi connectivity index (χ2n) is 13.2. The molecule has 7 atom stereocenters. The minimum absolute atomic E-state index is 0.0516. The van der Waals surface area contributed by atoms with Crippen molar-refractivity contribution in [2.24, 2.45) is 17.3 Å². The lowest BCUT2D eigenvalue weighted by Gasteiger charge is -2.51. The Morgan fingerprint density at radius 1 is 1.15 bits per heavy atom. The summed E-state index contributed by atoms with van der Waals surface area (Å²) in [6.07, 6.45) is 12.3. The van der Waals surface area contributed by atoms with E-state index in [0.29, 0.717) is 11.1 Å². The predicted molar refractivity (Wildman–Crippen MR) is 178 cm³/mol. The molecule has 0 aromatic heterocycles. The molecule has 1 spiro atoms. The average Bonchev–Trinajstić information content (AvgIpc) is 3.20. The van der Waals surface area contributed by atoms with E-state index in [2.05, 4.69) is 5.32 Å². The van der Waals surface area contributed by atoms with E-state index in [1.165, 1.54) is 19.1 Å². The number of amides is 2. The van der Waals surface area contributed by atoms with E-state index in [1.807, 2.05) is 0 Å². The Kier molecular flexibility index (Phi) is 14.1. The van der Waals surface area contributed by atoms with Crippen molar-refractivity contribution in [3.05, 3.63) is 71.5 Å². The van der Waals surface area contributed by atoms with Crippen LogP contribution in [0.25, 0.3) is 0 Å². The molecule has 2 saturated heterocycles. The third-order valence-corrected chi connectivity index (χ3v) is 9.72. The largest absolute Gasteiger partial charge is 0.460 e. The maximum absolute atomic E-state index is 12.9. The summed E-state index contributed by atoms with van der Waals surface area (Å²) in [5.74, 6) is -2.76. The fourth-order valence-corrected chi connectivity index (χ4v) is 5.98. The number of likely N-dealkylation sites (tertiary alicyclic amines) is 1. The SMILES string of the molecule is CO[C@H](C[C@H](C)[C@H](O)/C=C/C=C/CNC(=O)C(C)(C)[C@@H](O)/C(C)=C/C=C/C=C/C(C)=C(\C)N(O)O)[C@]1(O)[C@@H](C)C(=O)N(C)[C@@]12COC2=O. The lowest BCUT2D eigenvalue weighted by atomic mass is 9.68. The van der Waals surface area contributed by atoms with Gasteiger partial charge in [-0.25, -0.2) is 4.79 Å². The Balaban J connectivity index is 1.92. The normalized spacial score (nSPS) is 26.8. The Morgan fingerprint density at radius 2 is 1.79 bits per heavy atom. The van der Waals surface area contributed by atoms with Crippen LogP contribution in [-0.4, -0.2) is 110 Å². The van der Waals surface area contributed by atoms with Gasteiger partial charge in [-0.2, -0.15) is 0 Å². The highest BCUT2D eigenvalue weighted by molar-refractivity contribution is 5.99. The van der Waals surface area contributed by atoms with Crippen LogP contribution in [0.5, 0.6) is 0 Å². The summed E-state index contributed by atoms with van der Waals surface area (Å²) in [6.45, 7) is 11.6. The Bertz CT molecular complexity index is 1360. The molecule has 0 aromatic rings. The highest BCUT2D eigenvalue weighted by Crippen LogP contribution is 2.51. The first-order valence-corrected chi connectivity index (χ1v) is 15.9. The van der Waals surface area contributed by atoms with Gasteiger partial charge in [0.15, 0.2) is 0 Å². The summed E-state index contributed by atoms with van der Waals surface area (Å²) in [6, 6.07) is 0. The van der Waals surface area contributed by atoms with Crippen LogP contribution >= 0.6 is 0 Å². The fraction of sp³-hybridized carbons (Fsp3) is 0.571. The van der Waals surface area contributed by atoms with Gasteiger partial charge in [0.2, 0.25) is 17.4 Å². The number of nitrogens with one attached hydrogen (secondary N) is 1. The number of carbonyl (C=O) groups is 3. The first-order valence-electron chi connectivity index (χ1n) is 15.9. The van der Waals surface area contributed by atoms with Gasteiger partial charge >= 0.3 is 5.97 Å². The van der Waals surface area contributed by atoms with Gasteiger partial charge in [0.1, 0.15) is 12.2 Å². The van der Waals surface area contributed by atoms with Crippen LogP contribution in [0.15, 0.2) is 71.5 Å². The number of carbonyl (C=O) groups excluding carboxylic acids is 3. The molecule has 0 aliphatic carbocycles. The molecule has 6 N–H and O–H groups in total. The summed E-state index contributed by atoms with van der Waals surface area (Å²) in [5.41, 5.74) is -3.00. The van der Waals surface area contributed by atoms with Crippen molar-refractivity contribution in [3.63, 3.8) is 0 Å². The van der Waals surface area contributed by atoms with Gasteiger partial charge in [0, 0.05) is 20.7 Å². The van der Waals surface area contributed by atoms with E-state index in [4.69, 9.17) is 19.9 Å². The Morgan fingerprint density at radius 3 is 2.33 bits per heavy atom. The molecule has 13 nitrogen and oxygen atoms in total. The minimum Gasteiger partial charge on any atom is -0.460 e. The Labute approximate surface area is 283 Å². The molecule has 2 aliphatic heterocycles. The number of cyclic esters (lactones) is 1. The monoisotopic (exact) mass is 675 g/mol. The van der Waals surface area contributed by atoms with E-state index < -0.39 is 52.7 Å². The summed E-state index contributed by atoms with van der Waals surface area (Å²) < 4.78 is 10.6. The van der Waals surface area contributed by atoms with Crippen LogP contribution in [-0.2, 0) is 23.9 Å². The number of allylic oxidation sites excluding steroid dienone is 9. The lowest BCUT2D eigenvalue weighted by Crippen LogP contribution is -2.76. The molecule has 268 valence electrons. The molecule has 0 radical (unpaired) electrons. The molecule has 2 amide bonds. The first-order chi connectivity index (χ1) is 22.3. The van der Waals surface area contributed by atoms with Crippen LogP contribution in [0.4, 0.5) is 0 Å². The van der Waals surface area contributed by atoms with E-state index >= 15 is 0 Å². The standard InChI is InChI=1S/C35H53N3O10/c1-22(26(5)38(45)46)16-12-10-13-17-23(2)29(40)33(6,7)31(42)36-19-15-11-14-18-27(39)24(3)20-28(47-9)35(44)25(4)30(41)37(8)34(35)21-48-32(34)43/h10-18,24-25,27-29,39-40,44-46H,19-21H2,1-9H3,(H,36,42)/b13-10+,15-11+,16-12+,18-14+,23-17+,26-22+/t24-,25-,27+,28+,29-,34+,35+/m0/s1. The molecular weight excluding hydrogens is 622 g/mol. The minimum atomic E-state index is -1.84. The molecule has 2 rings (SSSR count). The third kappa shape index (κ3) is 8.16. The van der Waals surface area contributed by atoms with Crippen LogP contribution in [0.2, 0.25) is 0 Å². The topological polar surface area (TPSA) is 189 Å². The van der Waals surface area contributed by atoms with Gasteiger partial charge in [-0.05, 0) is 58.1 Å². The smallest absolute Gasteiger partial charge is 0.338 e. The number of hydroxylamine groups is 2. The van der Waals surface area contributed by atoms with Gasteiger partial charge in [0.05, 0.1) is 35.3 Å². The maximum atomic E-state index is 12.9. The highest BCUT2D eigenvalue weighted by Gasteiger charge is 2.77. The van der Waals surface area contributed by atoms with Crippen molar-refractivity contribution in [1.82, 2.24) is 15.4 Å². The first kappa shape index (κ1) is 40.6. The third-order valence-electron chi connectivity index (χ3n) is 9.72. The summed E-state index contributed by atoms with van der Waals surface area (Å²) in [5, 5.41) is 54.4. The lowest BCUT2D eigenvalue weighted by molar-refractivity contribution is -0.278. The van der Waals surface area contributed by atoms with Crippen LogP contribution in [0.3, 0.4) is 0 Å². The number of esters is 1. The van der Waals surface area contributed by atoms with E-state index in [0.717, 1.165) is 0 Å². The number of aliphatic hydroxyl groups is 3. The molecule has 0 bridgehead atoms. The van der Waals surface area contributed by atoms with Gasteiger partial charge in [-0.3, -0.25) is 20.0 Å². The zero-order valence-electron chi connectivity index (χ0n) is 29.4. The number of methoxy groups -OCH3 is 1. The van der Waals surface area contributed by atoms with Gasteiger partial charge in [-0.15, -0.1) is 5.23 Å². The zero-order chi connectivity index (χ0) is 36.6. The van der Waals surface area contributed by atoms with Gasteiger partial charge in [0.25, 0.3) is 0 Å². The van der Waals surface area contributed by atoms with Gasteiger partial charge in [-0.1, -0.05) is 68.5 Å². The quantitative estimate of drug-likeness (QED) is 0.0802. The molecular formula is C35H53N3O10. The summed E-state index contributed by atoms with van der Waals surface area (Å²) >= 11 is 0. The molecule has 2 heterocycles. The fourth-order valence-electron chi connectivity index (χ4n) is 5.98. The second-order valence-corrected chi connectivity index (χ2v) is 13.2. The highest BCUT2D eigenvalue weighted by atomic mass is 16.8. The maximum Gasteiger partial charge on any atom is 0.338 e. The summed E-state index contributed by atoms with van der Waals surface area (Å²) in [4.78, 5) is 39.5. The Hall–Kier alpha value is -3.59. The van der Waals surface area contributed by atoms with E-state index in [9.17, 15) is 29.7 Å². The van der Waals surface area contributed by atoms with Crippen molar-refractivity contribution >= 4 is 17.8 Å².